The SMILES string of the molecule is Cc1cccc(CCC=C[C@@H]2[C@H]3CC(CNCCC(=O)N4CCCC4)=C[C@H]3C[C@H]2O)c1. The molecule has 1 saturated carbocycles. The van der Waals surface area contributed by atoms with Gasteiger partial charge in [-0.3, -0.25) is 4.79 Å². The Kier molecular flexibility index (Phi) is 7.62. The lowest BCUT2D eigenvalue weighted by Gasteiger charge is -2.18. The van der Waals surface area contributed by atoms with Crippen LogP contribution in [0, 0.1) is 24.7 Å². The van der Waals surface area contributed by atoms with Gasteiger partial charge in [0.2, 0.25) is 5.91 Å². The Balaban J connectivity index is 1.18. The largest absolute Gasteiger partial charge is 0.392 e. The second-order valence-corrected chi connectivity index (χ2v) is 9.71. The molecule has 1 heterocycles. The number of nitrogens with zero attached hydrogens (tertiary/aromatic N) is 1. The highest BCUT2D eigenvalue weighted by molar-refractivity contribution is 5.76. The molecule has 31 heavy (non-hydrogen) atoms. The van der Waals surface area contributed by atoms with E-state index in [1.807, 2.05) is 4.90 Å². The minimum Gasteiger partial charge on any atom is -0.392 e. The number of benzene rings is 1. The van der Waals surface area contributed by atoms with Gasteiger partial charge in [-0.25, -0.2) is 0 Å². The molecule has 2 N–H and O–H groups in total. The van der Waals surface area contributed by atoms with Crippen molar-refractivity contribution < 1.29 is 9.90 Å². The summed E-state index contributed by atoms with van der Waals surface area (Å²) in [6.07, 6.45) is 13.7. The van der Waals surface area contributed by atoms with Gasteiger partial charge in [0.1, 0.15) is 0 Å². The molecular weight excluding hydrogens is 384 g/mol. The Bertz CT molecular complexity index is 809. The molecule has 0 spiro atoms. The van der Waals surface area contributed by atoms with E-state index in [9.17, 15) is 9.90 Å². The van der Waals surface area contributed by atoms with E-state index >= 15 is 0 Å². The zero-order valence-electron chi connectivity index (χ0n) is 18.9. The molecule has 4 heteroatoms. The van der Waals surface area contributed by atoms with E-state index in [0.717, 1.165) is 64.7 Å². The number of hydrogen-bond donors (Lipinski definition) is 2. The topological polar surface area (TPSA) is 52.6 Å². The van der Waals surface area contributed by atoms with Gasteiger partial charge in [-0.1, -0.05) is 53.6 Å². The minimum absolute atomic E-state index is 0.214. The molecule has 168 valence electrons. The summed E-state index contributed by atoms with van der Waals surface area (Å²) in [6.45, 7) is 5.65. The first-order valence-corrected chi connectivity index (χ1v) is 12.2. The Labute approximate surface area is 187 Å². The molecule has 1 amide bonds. The minimum atomic E-state index is -0.214. The van der Waals surface area contributed by atoms with E-state index in [4.69, 9.17) is 0 Å². The van der Waals surface area contributed by atoms with Crippen LogP contribution in [0.25, 0.3) is 0 Å². The summed E-state index contributed by atoms with van der Waals surface area (Å²) >= 11 is 0. The molecular formula is C27H38N2O2. The van der Waals surface area contributed by atoms with Crippen molar-refractivity contribution in [2.75, 3.05) is 26.2 Å². The predicted octanol–water partition coefficient (Wildman–Crippen LogP) is 4.03. The lowest BCUT2D eigenvalue weighted by atomic mass is 9.89. The number of fused-ring (bicyclic) bond motifs is 1. The average molecular weight is 423 g/mol. The lowest BCUT2D eigenvalue weighted by Crippen LogP contribution is -2.31. The van der Waals surface area contributed by atoms with Gasteiger partial charge in [-0.05, 0) is 62.8 Å². The second kappa shape index (κ2) is 10.6. The summed E-state index contributed by atoms with van der Waals surface area (Å²) in [5, 5.41) is 14.1. The Morgan fingerprint density at radius 2 is 2.13 bits per heavy atom. The number of aryl methyl sites for hydroxylation is 2. The summed E-state index contributed by atoms with van der Waals surface area (Å²) in [4.78, 5) is 14.1. The van der Waals surface area contributed by atoms with Crippen molar-refractivity contribution in [3.63, 3.8) is 0 Å². The molecule has 4 atom stereocenters. The summed E-state index contributed by atoms with van der Waals surface area (Å²) in [6, 6.07) is 8.72. The highest BCUT2D eigenvalue weighted by atomic mass is 16.3. The van der Waals surface area contributed by atoms with Gasteiger partial charge in [0.05, 0.1) is 6.10 Å². The normalized spacial score (nSPS) is 27.8. The summed E-state index contributed by atoms with van der Waals surface area (Å²) in [7, 11) is 0. The number of allylic oxidation sites excluding steroid dienone is 2. The molecule has 4 rings (SSSR count). The number of likely N-dealkylation sites (tertiary alicyclic amines) is 1. The monoisotopic (exact) mass is 422 g/mol. The van der Waals surface area contributed by atoms with Crippen LogP contribution in [-0.2, 0) is 11.2 Å². The number of aliphatic hydroxyl groups is 1. The third kappa shape index (κ3) is 5.87. The number of rotatable bonds is 9. The number of carbonyl (C=O) groups is 1. The van der Waals surface area contributed by atoms with Crippen LogP contribution >= 0.6 is 0 Å². The maximum Gasteiger partial charge on any atom is 0.223 e. The van der Waals surface area contributed by atoms with Crippen LogP contribution in [-0.4, -0.2) is 48.2 Å². The van der Waals surface area contributed by atoms with Crippen molar-refractivity contribution in [3.05, 3.63) is 59.2 Å². The van der Waals surface area contributed by atoms with Crippen molar-refractivity contribution in [1.29, 1.82) is 0 Å². The van der Waals surface area contributed by atoms with Gasteiger partial charge in [0, 0.05) is 38.5 Å². The van der Waals surface area contributed by atoms with Crippen LogP contribution in [0.15, 0.2) is 48.1 Å². The zero-order chi connectivity index (χ0) is 21.6. The summed E-state index contributed by atoms with van der Waals surface area (Å²) in [5.41, 5.74) is 4.15. The number of carbonyl (C=O) groups excluding carboxylic acids is 1. The first kappa shape index (κ1) is 22.3. The molecule has 0 radical (unpaired) electrons. The van der Waals surface area contributed by atoms with Crippen molar-refractivity contribution >= 4 is 5.91 Å². The predicted molar refractivity (Wildman–Crippen MR) is 126 cm³/mol. The van der Waals surface area contributed by atoms with Crippen LogP contribution < -0.4 is 5.32 Å². The molecule has 0 aromatic heterocycles. The zero-order valence-corrected chi connectivity index (χ0v) is 18.9. The quantitative estimate of drug-likeness (QED) is 0.467. The molecule has 1 aromatic rings. The van der Waals surface area contributed by atoms with E-state index in [2.05, 4.69) is 54.7 Å². The standard InChI is InChI=1S/C27H38N2O2/c1-20-7-6-9-21(15-20)8-2-3-10-24-25-17-22(16-23(25)18-26(24)30)19-28-12-11-27(31)29-13-4-5-14-29/h3,6-7,9-10,15-16,23-26,28,30H,2,4-5,8,11-14,17-19H2,1H3/t23-,24+,25-,26+/m0/s1. The van der Waals surface area contributed by atoms with Crippen molar-refractivity contribution in [2.45, 2.75) is 58.0 Å². The van der Waals surface area contributed by atoms with Crippen molar-refractivity contribution in [3.8, 4) is 0 Å². The van der Waals surface area contributed by atoms with Crippen LogP contribution in [0.2, 0.25) is 0 Å². The number of hydrogen-bond acceptors (Lipinski definition) is 3. The molecule has 2 aliphatic carbocycles. The van der Waals surface area contributed by atoms with E-state index in [1.54, 1.807) is 0 Å². The van der Waals surface area contributed by atoms with Crippen LogP contribution in [0.3, 0.4) is 0 Å². The first-order valence-electron chi connectivity index (χ1n) is 12.2. The molecule has 0 unspecified atom stereocenters. The van der Waals surface area contributed by atoms with Gasteiger partial charge in [-0.15, -0.1) is 0 Å². The summed E-state index contributed by atoms with van der Waals surface area (Å²) in [5.74, 6) is 1.60. The van der Waals surface area contributed by atoms with Gasteiger partial charge in [0.15, 0.2) is 0 Å². The fraction of sp³-hybridized carbons (Fsp3) is 0.593. The fourth-order valence-corrected chi connectivity index (χ4v) is 5.68. The van der Waals surface area contributed by atoms with E-state index in [1.165, 1.54) is 16.7 Å². The van der Waals surface area contributed by atoms with Crippen molar-refractivity contribution in [1.82, 2.24) is 10.2 Å². The van der Waals surface area contributed by atoms with E-state index < -0.39 is 0 Å². The second-order valence-electron chi connectivity index (χ2n) is 9.71. The Morgan fingerprint density at radius 1 is 1.29 bits per heavy atom. The molecule has 1 aliphatic heterocycles. The highest BCUT2D eigenvalue weighted by Gasteiger charge is 2.43. The molecule has 0 bridgehead atoms. The smallest absolute Gasteiger partial charge is 0.223 e. The summed E-state index contributed by atoms with van der Waals surface area (Å²) < 4.78 is 0. The third-order valence-electron chi connectivity index (χ3n) is 7.32. The maximum atomic E-state index is 12.1. The fourth-order valence-electron chi connectivity index (χ4n) is 5.68. The van der Waals surface area contributed by atoms with Gasteiger partial charge in [0.25, 0.3) is 0 Å². The van der Waals surface area contributed by atoms with Crippen LogP contribution in [0.1, 0.15) is 49.7 Å². The molecule has 1 aromatic carbocycles. The van der Waals surface area contributed by atoms with Crippen LogP contribution in [0.4, 0.5) is 0 Å². The van der Waals surface area contributed by atoms with Gasteiger partial charge >= 0.3 is 0 Å². The highest BCUT2D eigenvalue weighted by Crippen LogP contribution is 2.47. The number of nitrogens with one attached hydrogen (secondary N) is 1. The number of amides is 1. The first-order chi connectivity index (χ1) is 15.1. The van der Waals surface area contributed by atoms with Gasteiger partial charge < -0.3 is 15.3 Å². The van der Waals surface area contributed by atoms with Crippen LogP contribution in [0.5, 0.6) is 0 Å². The van der Waals surface area contributed by atoms with Gasteiger partial charge in [-0.2, -0.15) is 0 Å². The molecule has 3 aliphatic rings. The maximum absolute atomic E-state index is 12.1. The molecule has 4 nitrogen and oxygen atoms in total. The Hall–Kier alpha value is -1.91. The number of aliphatic hydroxyl groups excluding tert-OH is 1. The van der Waals surface area contributed by atoms with Crippen molar-refractivity contribution in [2.24, 2.45) is 17.8 Å². The molecule has 2 fully saturated rings. The van der Waals surface area contributed by atoms with E-state index in [0.29, 0.717) is 24.2 Å². The lowest BCUT2D eigenvalue weighted by molar-refractivity contribution is -0.130. The molecule has 1 saturated heterocycles. The Morgan fingerprint density at radius 3 is 2.94 bits per heavy atom. The third-order valence-corrected chi connectivity index (χ3v) is 7.32. The van der Waals surface area contributed by atoms with E-state index in [-0.39, 0.29) is 12.0 Å². The average Bonchev–Trinajstić information content (AvgIpc) is 3.46.